The molecule has 0 radical (unpaired) electrons. The molecule has 2 aliphatic rings. The maximum Gasteiger partial charge on any atom is 0.273 e. The van der Waals surface area contributed by atoms with Gasteiger partial charge < -0.3 is 16.0 Å². The van der Waals surface area contributed by atoms with E-state index >= 15 is 0 Å². The summed E-state index contributed by atoms with van der Waals surface area (Å²) < 4.78 is 0. The van der Waals surface area contributed by atoms with Crippen molar-refractivity contribution in [3.8, 4) is 0 Å². The van der Waals surface area contributed by atoms with Crippen LogP contribution < -0.4 is 11.1 Å². The highest BCUT2D eigenvalue weighted by Crippen LogP contribution is 2.42. The van der Waals surface area contributed by atoms with Gasteiger partial charge in [0.1, 0.15) is 0 Å². The van der Waals surface area contributed by atoms with E-state index < -0.39 is 0 Å². The van der Waals surface area contributed by atoms with Gasteiger partial charge in [-0.1, -0.05) is 0 Å². The number of amides is 1. The molecule has 1 saturated carbocycles. The second-order valence-corrected chi connectivity index (χ2v) is 6.15. The van der Waals surface area contributed by atoms with Gasteiger partial charge in [-0.05, 0) is 45.2 Å². The third-order valence-corrected chi connectivity index (χ3v) is 4.31. The minimum absolute atomic E-state index is 0.154. The Bertz CT molecular complexity index is 494. The van der Waals surface area contributed by atoms with Crippen molar-refractivity contribution >= 4 is 11.6 Å². The topological polar surface area (TPSA) is 87.0 Å². The maximum atomic E-state index is 12.2. The Balaban J connectivity index is 1.56. The van der Waals surface area contributed by atoms with Gasteiger partial charge in [-0.15, -0.1) is 0 Å². The van der Waals surface area contributed by atoms with Crippen molar-refractivity contribution in [1.29, 1.82) is 0 Å². The van der Waals surface area contributed by atoms with Gasteiger partial charge in [0, 0.05) is 19.0 Å². The summed E-state index contributed by atoms with van der Waals surface area (Å²) in [5, 5.41) is 9.98. The van der Waals surface area contributed by atoms with Crippen molar-refractivity contribution in [1.82, 2.24) is 20.4 Å². The van der Waals surface area contributed by atoms with Crippen LogP contribution in [0.15, 0.2) is 0 Å². The SMILES string of the molecule is CN1CCCC(CNC(=O)c2n[nH]c(C3CC3)c2N)C1. The molecule has 2 fully saturated rings. The van der Waals surface area contributed by atoms with Gasteiger partial charge in [-0.25, -0.2) is 0 Å². The van der Waals surface area contributed by atoms with Gasteiger partial charge in [0.25, 0.3) is 5.91 Å². The van der Waals surface area contributed by atoms with Crippen LogP contribution in [0.2, 0.25) is 0 Å². The minimum atomic E-state index is -0.154. The lowest BCUT2D eigenvalue weighted by Crippen LogP contribution is -2.39. The molecule has 0 bridgehead atoms. The normalized spacial score (nSPS) is 23.8. The Morgan fingerprint density at radius 3 is 3.00 bits per heavy atom. The molecule has 1 atom stereocenters. The number of nitrogens with one attached hydrogen (secondary N) is 2. The summed E-state index contributed by atoms with van der Waals surface area (Å²) in [6.45, 7) is 2.90. The van der Waals surface area contributed by atoms with Crippen LogP contribution in [0.3, 0.4) is 0 Å². The number of likely N-dealkylation sites (tertiary alicyclic amines) is 1. The fourth-order valence-corrected chi connectivity index (χ4v) is 2.98. The summed E-state index contributed by atoms with van der Waals surface area (Å²) >= 11 is 0. The van der Waals surface area contributed by atoms with Gasteiger partial charge in [0.05, 0.1) is 11.4 Å². The molecule has 1 unspecified atom stereocenters. The molecule has 2 heterocycles. The Morgan fingerprint density at radius 1 is 1.50 bits per heavy atom. The van der Waals surface area contributed by atoms with Crippen LogP contribution in [0.25, 0.3) is 0 Å². The van der Waals surface area contributed by atoms with E-state index in [2.05, 4.69) is 27.5 Å². The quantitative estimate of drug-likeness (QED) is 0.764. The molecule has 20 heavy (non-hydrogen) atoms. The van der Waals surface area contributed by atoms with Gasteiger partial charge in [0.2, 0.25) is 0 Å². The number of carbonyl (C=O) groups excluding carboxylic acids is 1. The number of rotatable bonds is 4. The van der Waals surface area contributed by atoms with Crippen molar-refractivity contribution in [2.24, 2.45) is 5.92 Å². The molecule has 6 heteroatoms. The zero-order valence-corrected chi connectivity index (χ0v) is 12.0. The first kappa shape index (κ1) is 13.4. The molecule has 0 aromatic carbocycles. The molecule has 4 N–H and O–H groups in total. The van der Waals surface area contributed by atoms with E-state index in [0.717, 1.165) is 31.6 Å². The van der Waals surface area contributed by atoms with Crippen LogP contribution in [0.1, 0.15) is 47.8 Å². The molecule has 6 nitrogen and oxygen atoms in total. The molecule has 1 aliphatic heterocycles. The largest absolute Gasteiger partial charge is 0.395 e. The van der Waals surface area contributed by atoms with Crippen LogP contribution in [0.4, 0.5) is 5.69 Å². The highest BCUT2D eigenvalue weighted by atomic mass is 16.1. The number of anilines is 1. The summed E-state index contributed by atoms with van der Waals surface area (Å²) in [5.41, 5.74) is 7.84. The van der Waals surface area contributed by atoms with E-state index in [0.29, 0.717) is 29.8 Å². The number of nitrogen functional groups attached to an aromatic ring is 1. The minimum Gasteiger partial charge on any atom is -0.395 e. The van der Waals surface area contributed by atoms with Gasteiger partial charge in [0.15, 0.2) is 5.69 Å². The van der Waals surface area contributed by atoms with Crippen molar-refractivity contribution in [3.63, 3.8) is 0 Å². The highest BCUT2D eigenvalue weighted by Gasteiger charge is 2.30. The van der Waals surface area contributed by atoms with E-state index in [9.17, 15) is 4.79 Å². The summed E-state index contributed by atoms with van der Waals surface area (Å²) in [4.78, 5) is 14.5. The second kappa shape index (κ2) is 5.44. The number of aromatic amines is 1. The van der Waals surface area contributed by atoms with E-state index in [1.165, 1.54) is 12.8 Å². The van der Waals surface area contributed by atoms with Crippen LogP contribution in [0, 0.1) is 5.92 Å². The Morgan fingerprint density at radius 2 is 2.30 bits per heavy atom. The molecular weight excluding hydrogens is 254 g/mol. The van der Waals surface area contributed by atoms with Crippen LogP contribution in [0.5, 0.6) is 0 Å². The molecule has 0 spiro atoms. The van der Waals surface area contributed by atoms with Gasteiger partial charge in [-0.2, -0.15) is 5.10 Å². The smallest absolute Gasteiger partial charge is 0.273 e. The van der Waals surface area contributed by atoms with Crippen molar-refractivity contribution < 1.29 is 4.79 Å². The summed E-state index contributed by atoms with van der Waals surface area (Å²) in [6, 6.07) is 0. The molecule has 1 amide bonds. The van der Waals surface area contributed by atoms with Crippen LogP contribution in [-0.4, -0.2) is 47.7 Å². The Labute approximate surface area is 119 Å². The number of carbonyl (C=O) groups is 1. The van der Waals surface area contributed by atoms with Crippen molar-refractivity contribution in [3.05, 3.63) is 11.4 Å². The zero-order chi connectivity index (χ0) is 14.1. The van der Waals surface area contributed by atoms with E-state index in [-0.39, 0.29) is 5.91 Å². The number of nitrogens with zero attached hydrogens (tertiary/aromatic N) is 2. The third kappa shape index (κ3) is 2.80. The molecule has 1 saturated heterocycles. The first-order valence-corrected chi connectivity index (χ1v) is 7.45. The Hall–Kier alpha value is -1.56. The van der Waals surface area contributed by atoms with Crippen molar-refractivity contribution in [2.45, 2.75) is 31.6 Å². The Kier molecular flexibility index (Phi) is 3.65. The maximum absolute atomic E-state index is 12.2. The number of hydrogen-bond donors (Lipinski definition) is 3. The predicted octanol–water partition coefficient (Wildman–Crippen LogP) is 0.941. The molecule has 110 valence electrons. The lowest BCUT2D eigenvalue weighted by atomic mass is 9.98. The number of nitrogens with two attached hydrogens (primary N) is 1. The third-order valence-electron chi connectivity index (χ3n) is 4.31. The number of hydrogen-bond acceptors (Lipinski definition) is 4. The molecule has 1 aromatic heterocycles. The molecule has 1 aromatic rings. The number of piperidine rings is 1. The van der Waals surface area contributed by atoms with Crippen LogP contribution >= 0.6 is 0 Å². The summed E-state index contributed by atoms with van der Waals surface area (Å²) in [6.07, 6.45) is 4.66. The highest BCUT2D eigenvalue weighted by molar-refractivity contribution is 5.97. The zero-order valence-electron chi connectivity index (χ0n) is 12.0. The van der Waals surface area contributed by atoms with E-state index in [4.69, 9.17) is 5.73 Å². The van der Waals surface area contributed by atoms with Crippen LogP contribution in [-0.2, 0) is 0 Å². The number of H-pyrrole nitrogens is 1. The first-order valence-electron chi connectivity index (χ1n) is 7.45. The lowest BCUT2D eigenvalue weighted by Gasteiger charge is -2.29. The fourth-order valence-electron chi connectivity index (χ4n) is 2.98. The summed E-state index contributed by atoms with van der Waals surface area (Å²) in [7, 11) is 2.13. The summed E-state index contributed by atoms with van der Waals surface area (Å²) in [5.74, 6) is 0.857. The standard InChI is InChI=1S/C14H23N5O/c1-19-6-2-3-9(8-19)7-16-14(20)13-11(15)12(17-18-13)10-4-5-10/h9-10H,2-8,15H2,1H3,(H,16,20)(H,17,18). The predicted molar refractivity (Wildman–Crippen MR) is 77.5 cm³/mol. The second-order valence-electron chi connectivity index (χ2n) is 6.15. The first-order chi connectivity index (χ1) is 9.65. The monoisotopic (exact) mass is 277 g/mol. The average molecular weight is 277 g/mol. The van der Waals surface area contributed by atoms with Gasteiger partial charge >= 0.3 is 0 Å². The van der Waals surface area contributed by atoms with Gasteiger partial charge in [-0.3, -0.25) is 9.89 Å². The molecular formula is C14H23N5O. The van der Waals surface area contributed by atoms with Crippen molar-refractivity contribution in [2.75, 3.05) is 32.4 Å². The number of aromatic nitrogens is 2. The molecule has 3 rings (SSSR count). The fraction of sp³-hybridized carbons (Fsp3) is 0.714. The van der Waals surface area contributed by atoms with E-state index in [1.54, 1.807) is 0 Å². The lowest BCUT2D eigenvalue weighted by molar-refractivity contribution is 0.0932. The average Bonchev–Trinajstić information content (AvgIpc) is 3.19. The molecule has 1 aliphatic carbocycles. The van der Waals surface area contributed by atoms with E-state index in [1.807, 2.05) is 0 Å².